The van der Waals surface area contributed by atoms with Crippen LogP contribution in [0, 0.1) is 0 Å². The molecular formula is C27H40N2O8. The van der Waals surface area contributed by atoms with Crippen LogP contribution in [0.4, 0.5) is 0 Å². The number of imide groups is 1. The number of hydrogen-bond donors (Lipinski definition) is 1. The van der Waals surface area contributed by atoms with Crippen LogP contribution in [-0.4, -0.2) is 94.7 Å². The monoisotopic (exact) mass is 520 g/mol. The lowest BCUT2D eigenvalue weighted by atomic mass is 10.00. The maximum absolute atomic E-state index is 12.9. The van der Waals surface area contributed by atoms with E-state index in [-0.39, 0.29) is 24.1 Å². The third-order valence-corrected chi connectivity index (χ3v) is 6.25. The lowest BCUT2D eigenvalue weighted by molar-refractivity contribution is -0.136. The second-order valence-electron chi connectivity index (χ2n) is 9.01. The van der Waals surface area contributed by atoms with E-state index in [2.05, 4.69) is 12.2 Å². The minimum atomic E-state index is -0.595. The number of nitrogens with zero attached hydrogens (tertiary/aromatic N) is 1. The van der Waals surface area contributed by atoms with Gasteiger partial charge in [0.25, 0.3) is 5.91 Å². The maximum Gasteiger partial charge on any atom is 0.255 e. The van der Waals surface area contributed by atoms with E-state index in [0.29, 0.717) is 78.0 Å². The molecule has 0 bridgehead atoms. The van der Waals surface area contributed by atoms with Gasteiger partial charge >= 0.3 is 0 Å². The van der Waals surface area contributed by atoms with Crippen LogP contribution in [-0.2, 0) is 46.2 Å². The van der Waals surface area contributed by atoms with Gasteiger partial charge in [0, 0.05) is 31.7 Å². The van der Waals surface area contributed by atoms with E-state index in [1.54, 1.807) is 11.0 Å². The summed E-state index contributed by atoms with van der Waals surface area (Å²) in [6.45, 7) is 8.16. The molecular weight excluding hydrogens is 480 g/mol. The van der Waals surface area contributed by atoms with Gasteiger partial charge in [-0.2, -0.15) is 0 Å². The molecule has 1 aromatic carbocycles. The van der Waals surface area contributed by atoms with Crippen molar-refractivity contribution in [3.8, 4) is 0 Å². The molecule has 206 valence electrons. The van der Waals surface area contributed by atoms with Crippen LogP contribution in [0.3, 0.4) is 0 Å². The standard InChI is InChI=1S/C27H40N2O8/c1-2-10-33-12-14-35-16-18-37-19-17-36-15-13-34-11-4-6-21-5-3-7-22-23(21)20-29(27(22)32)24-8-9-25(30)28-26(24)31/h3,5,7,24H,2,4,6,8-20H2,1H3,(H,28,30,31). The van der Waals surface area contributed by atoms with Crippen molar-refractivity contribution in [1.82, 2.24) is 10.2 Å². The predicted octanol–water partition coefficient (Wildman–Crippen LogP) is 1.87. The highest BCUT2D eigenvalue weighted by molar-refractivity contribution is 6.05. The van der Waals surface area contributed by atoms with Crippen molar-refractivity contribution in [2.45, 2.75) is 51.6 Å². The molecule has 10 nitrogen and oxygen atoms in total. The van der Waals surface area contributed by atoms with Gasteiger partial charge in [0.15, 0.2) is 0 Å². The molecule has 1 saturated heterocycles. The number of carbonyl (C=O) groups is 3. The molecule has 3 rings (SSSR count). The number of hydrogen-bond acceptors (Lipinski definition) is 8. The number of ether oxygens (including phenoxy) is 5. The van der Waals surface area contributed by atoms with E-state index in [1.807, 2.05) is 12.1 Å². The van der Waals surface area contributed by atoms with E-state index in [0.717, 1.165) is 37.0 Å². The Bertz CT molecular complexity index is 878. The molecule has 2 aliphatic heterocycles. The van der Waals surface area contributed by atoms with Gasteiger partial charge in [0.2, 0.25) is 11.8 Å². The van der Waals surface area contributed by atoms with Gasteiger partial charge in [0.1, 0.15) is 6.04 Å². The molecule has 1 aromatic rings. The molecule has 37 heavy (non-hydrogen) atoms. The van der Waals surface area contributed by atoms with Gasteiger partial charge < -0.3 is 28.6 Å². The molecule has 10 heteroatoms. The van der Waals surface area contributed by atoms with Crippen molar-refractivity contribution in [1.29, 1.82) is 0 Å². The molecule has 1 atom stereocenters. The number of nitrogens with one attached hydrogen (secondary N) is 1. The topological polar surface area (TPSA) is 113 Å². The number of benzene rings is 1. The van der Waals surface area contributed by atoms with Crippen molar-refractivity contribution in [3.63, 3.8) is 0 Å². The first-order valence-corrected chi connectivity index (χ1v) is 13.3. The molecule has 1 N–H and O–H groups in total. The lowest BCUT2D eigenvalue weighted by Gasteiger charge is -2.29. The Kier molecular flexibility index (Phi) is 13.0. The highest BCUT2D eigenvalue weighted by atomic mass is 16.6. The van der Waals surface area contributed by atoms with Crippen molar-refractivity contribution in [3.05, 3.63) is 34.9 Å². The first-order chi connectivity index (χ1) is 18.1. The second kappa shape index (κ2) is 16.5. The molecule has 0 radical (unpaired) electrons. The summed E-state index contributed by atoms with van der Waals surface area (Å²) in [4.78, 5) is 38.2. The Morgan fingerprint density at radius 2 is 1.43 bits per heavy atom. The maximum atomic E-state index is 12.9. The summed E-state index contributed by atoms with van der Waals surface area (Å²) in [6, 6.07) is 5.11. The SMILES string of the molecule is CCCOCCOCCOCCOCCOCCCc1cccc2c1CN(C1CCC(=O)NC1=O)C2=O. The van der Waals surface area contributed by atoms with Crippen LogP contribution >= 0.6 is 0 Å². The van der Waals surface area contributed by atoms with Crippen LogP contribution in [0.15, 0.2) is 18.2 Å². The average Bonchev–Trinajstić information content (AvgIpc) is 3.22. The number of rotatable bonds is 19. The van der Waals surface area contributed by atoms with E-state index < -0.39 is 6.04 Å². The highest BCUT2D eigenvalue weighted by Crippen LogP contribution is 2.30. The van der Waals surface area contributed by atoms with Crippen LogP contribution in [0.25, 0.3) is 0 Å². The Morgan fingerprint density at radius 1 is 0.838 bits per heavy atom. The summed E-state index contributed by atoms with van der Waals surface area (Å²) in [6.07, 6.45) is 3.23. The fraction of sp³-hybridized carbons (Fsp3) is 0.667. The van der Waals surface area contributed by atoms with Crippen LogP contribution in [0.5, 0.6) is 0 Å². The van der Waals surface area contributed by atoms with Gasteiger partial charge in [-0.05, 0) is 42.9 Å². The molecule has 0 aliphatic carbocycles. The lowest BCUT2D eigenvalue weighted by Crippen LogP contribution is -2.52. The molecule has 1 unspecified atom stereocenters. The predicted molar refractivity (Wildman–Crippen MR) is 135 cm³/mol. The van der Waals surface area contributed by atoms with E-state index in [4.69, 9.17) is 23.7 Å². The van der Waals surface area contributed by atoms with Crippen LogP contribution < -0.4 is 5.32 Å². The Hall–Kier alpha value is -2.37. The number of aryl methyl sites for hydroxylation is 1. The Labute approximate surface area is 218 Å². The largest absolute Gasteiger partial charge is 0.379 e. The zero-order valence-corrected chi connectivity index (χ0v) is 21.8. The fourth-order valence-corrected chi connectivity index (χ4v) is 4.37. The van der Waals surface area contributed by atoms with Crippen molar-refractivity contribution < 1.29 is 38.1 Å². The molecule has 2 heterocycles. The van der Waals surface area contributed by atoms with Crippen molar-refractivity contribution in [2.75, 3.05) is 66.1 Å². The van der Waals surface area contributed by atoms with Crippen LogP contribution in [0.2, 0.25) is 0 Å². The van der Waals surface area contributed by atoms with Crippen molar-refractivity contribution in [2.24, 2.45) is 0 Å². The first-order valence-electron chi connectivity index (χ1n) is 13.3. The van der Waals surface area contributed by atoms with Crippen molar-refractivity contribution >= 4 is 17.7 Å². The number of amides is 3. The van der Waals surface area contributed by atoms with Crippen LogP contribution in [0.1, 0.15) is 54.1 Å². The summed E-state index contributed by atoms with van der Waals surface area (Å²) < 4.78 is 27.4. The summed E-state index contributed by atoms with van der Waals surface area (Å²) in [5.41, 5.74) is 2.71. The molecule has 2 aliphatic rings. The second-order valence-corrected chi connectivity index (χ2v) is 9.01. The van der Waals surface area contributed by atoms with Gasteiger partial charge in [-0.25, -0.2) is 0 Å². The smallest absolute Gasteiger partial charge is 0.255 e. The first kappa shape index (κ1) is 29.2. The Balaban J connectivity index is 1.22. The molecule has 0 aromatic heterocycles. The normalized spacial score (nSPS) is 17.4. The van der Waals surface area contributed by atoms with Gasteiger partial charge in [0.05, 0.1) is 52.9 Å². The summed E-state index contributed by atoms with van der Waals surface area (Å²) in [5, 5.41) is 2.34. The van der Waals surface area contributed by atoms with E-state index >= 15 is 0 Å². The number of carbonyl (C=O) groups excluding carboxylic acids is 3. The van der Waals surface area contributed by atoms with Gasteiger partial charge in [-0.3, -0.25) is 19.7 Å². The molecule has 0 spiro atoms. The number of fused-ring (bicyclic) bond motifs is 1. The van der Waals surface area contributed by atoms with Gasteiger partial charge in [-0.15, -0.1) is 0 Å². The summed E-state index contributed by atoms with van der Waals surface area (Å²) in [5.74, 6) is -0.817. The fourth-order valence-electron chi connectivity index (χ4n) is 4.37. The third kappa shape index (κ3) is 9.46. The Morgan fingerprint density at radius 3 is 2.03 bits per heavy atom. The minimum absolute atomic E-state index is 0.145. The quantitative estimate of drug-likeness (QED) is 0.217. The summed E-state index contributed by atoms with van der Waals surface area (Å²) >= 11 is 0. The van der Waals surface area contributed by atoms with E-state index in [1.165, 1.54) is 0 Å². The third-order valence-electron chi connectivity index (χ3n) is 6.25. The van der Waals surface area contributed by atoms with Gasteiger partial charge in [-0.1, -0.05) is 19.1 Å². The zero-order valence-electron chi connectivity index (χ0n) is 21.8. The molecule has 3 amide bonds. The van der Waals surface area contributed by atoms with E-state index in [9.17, 15) is 14.4 Å². The average molecular weight is 521 g/mol. The highest BCUT2D eigenvalue weighted by Gasteiger charge is 2.39. The minimum Gasteiger partial charge on any atom is -0.379 e. The molecule has 0 saturated carbocycles. The summed E-state index contributed by atoms with van der Waals surface area (Å²) in [7, 11) is 0. The number of piperidine rings is 1. The zero-order chi connectivity index (χ0) is 26.3. The molecule has 1 fully saturated rings.